The highest BCUT2D eigenvalue weighted by molar-refractivity contribution is 7.92. The summed E-state index contributed by atoms with van der Waals surface area (Å²) in [6.07, 6.45) is 0. The fourth-order valence-corrected chi connectivity index (χ4v) is 3.92. The van der Waals surface area contributed by atoms with Crippen molar-refractivity contribution < 1.29 is 8.42 Å². The molecule has 0 saturated heterocycles. The molecule has 0 aliphatic heterocycles. The molecule has 0 saturated carbocycles. The predicted molar refractivity (Wildman–Crippen MR) is 79.7 cm³/mol. The van der Waals surface area contributed by atoms with E-state index in [0.29, 0.717) is 11.4 Å². The summed E-state index contributed by atoms with van der Waals surface area (Å²) in [5, 5.41) is 4.12. The summed E-state index contributed by atoms with van der Waals surface area (Å²) in [4.78, 5) is 0.0154. The lowest BCUT2D eigenvalue weighted by Gasteiger charge is -2.11. The first-order valence-electron chi connectivity index (χ1n) is 6.01. The van der Waals surface area contributed by atoms with Gasteiger partial charge in [0, 0.05) is 7.05 Å². The van der Waals surface area contributed by atoms with Crippen LogP contribution in [0.2, 0.25) is 5.15 Å². The lowest BCUT2D eigenvalue weighted by Crippen LogP contribution is -2.15. The molecule has 0 fully saturated rings. The van der Waals surface area contributed by atoms with Gasteiger partial charge in [-0.25, -0.2) is 8.42 Å². The Hall–Kier alpha value is -1.53. The monoisotopic (exact) mass is 313 g/mol. The van der Waals surface area contributed by atoms with Crippen molar-refractivity contribution in [1.82, 2.24) is 9.78 Å². The first-order chi connectivity index (χ1) is 9.22. The highest BCUT2D eigenvalue weighted by atomic mass is 35.5. The van der Waals surface area contributed by atoms with Gasteiger partial charge in [-0.15, -0.1) is 0 Å². The van der Waals surface area contributed by atoms with Gasteiger partial charge in [0.2, 0.25) is 0 Å². The number of rotatable bonds is 3. The minimum atomic E-state index is -3.75. The Bertz CT molecular complexity index is 766. The number of benzene rings is 1. The van der Waals surface area contributed by atoms with Gasteiger partial charge in [-0.05, 0) is 32.4 Å². The van der Waals surface area contributed by atoms with Crippen molar-refractivity contribution in [3.63, 3.8) is 0 Å². The van der Waals surface area contributed by atoms with E-state index >= 15 is 0 Å². The zero-order valence-corrected chi connectivity index (χ0v) is 13.3. The van der Waals surface area contributed by atoms with Gasteiger partial charge in [0.05, 0.1) is 11.4 Å². The van der Waals surface area contributed by atoms with Crippen LogP contribution >= 0.6 is 11.6 Å². The molecule has 1 aromatic carbocycles. The van der Waals surface area contributed by atoms with Crippen molar-refractivity contribution in [2.24, 2.45) is 7.05 Å². The van der Waals surface area contributed by atoms with E-state index in [4.69, 9.17) is 11.6 Å². The van der Waals surface area contributed by atoms with Crippen LogP contribution in [0.1, 0.15) is 16.8 Å². The summed E-state index contributed by atoms with van der Waals surface area (Å²) in [6.45, 7) is 5.42. The molecule has 2 rings (SSSR count). The molecule has 5 nitrogen and oxygen atoms in total. The van der Waals surface area contributed by atoms with E-state index < -0.39 is 10.0 Å². The Labute approximate surface area is 123 Å². The van der Waals surface area contributed by atoms with Gasteiger partial charge in [0.15, 0.2) is 0 Å². The van der Waals surface area contributed by atoms with Gasteiger partial charge in [-0.1, -0.05) is 29.3 Å². The number of aryl methyl sites for hydroxylation is 4. The van der Waals surface area contributed by atoms with Crippen molar-refractivity contribution in [2.75, 3.05) is 4.72 Å². The van der Waals surface area contributed by atoms with Gasteiger partial charge >= 0.3 is 0 Å². The number of halogens is 1. The number of nitrogens with one attached hydrogen (secondary N) is 1. The maximum absolute atomic E-state index is 12.4. The summed E-state index contributed by atoms with van der Waals surface area (Å²) in [5.74, 6) is 0. The molecule has 1 heterocycles. The Morgan fingerprint density at radius 1 is 1.25 bits per heavy atom. The summed E-state index contributed by atoms with van der Waals surface area (Å²) in [5.41, 5.74) is 2.83. The van der Waals surface area contributed by atoms with E-state index in [1.54, 1.807) is 20.0 Å². The molecule has 20 heavy (non-hydrogen) atoms. The third-order valence-electron chi connectivity index (χ3n) is 3.00. The molecule has 0 atom stereocenters. The average Bonchev–Trinajstić information content (AvgIpc) is 2.57. The maximum Gasteiger partial charge on any atom is 0.266 e. The first kappa shape index (κ1) is 14.9. The smallest absolute Gasteiger partial charge is 0.266 e. The van der Waals surface area contributed by atoms with E-state index in [-0.39, 0.29) is 10.0 Å². The molecule has 1 N–H and O–H groups in total. The molecular formula is C13H16ClN3O2S. The summed E-state index contributed by atoms with van der Waals surface area (Å²) < 4.78 is 28.8. The van der Waals surface area contributed by atoms with E-state index in [0.717, 1.165) is 11.1 Å². The van der Waals surface area contributed by atoms with E-state index in [1.165, 1.54) is 4.68 Å². The molecule has 7 heteroatoms. The summed E-state index contributed by atoms with van der Waals surface area (Å²) in [7, 11) is -2.15. The quantitative estimate of drug-likeness (QED) is 0.947. The highest BCUT2D eigenvalue weighted by Crippen LogP contribution is 2.27. The topological polar surface area (TPSA) is 64.0 Å². The van der Waals surface area contributed by atoms with Crippen LogP contribution in [0.3, 0.4) is 0 Å². The number of aromatic nitrogens is 2. The minimum Gasteiger partial charge on any atom is -0.279 e. The molecule has 0 spiro atoms. The minimum absolute atomic E-state index is 0.0154. The van der Waals surface area contributed by atoms with Crippen molar-refractivity contribution >= 4 is 27.3 Å². The largest absolute Gasteiger partial charge is 0.279 e. The van der Waals surface area contributed by atoms with Crippen LogP contribution in [0, 0.1) is 20.8 Å². The zero-order chi connectivity index (χ0) is 15.1. The second kappa shape index (κ2) is 5.10. The Morgan fingerprint density at radius 3 is 2.40 bits per heavy atom. The fourth-order valence-electron chi connectivity index (χ4n) is 2.04. The molecular weight excluding hydrogens is 298 g/mol. The van der Waals surface area contributed by atoms with Crippen molar-refractivity contribution in [3.05, 3.63) is 40.2 Å². The molecule has 0 aliphatic rings. The van der Waals surface area contributed by atoms with E-state index in [2.05, 4.69) is 9.82 Å². The molecule has 0 bridgehead atoms. The van der Waals surface area contributed by atoms with Gasteiger partial charge < -0.3 is 0 Å². The lowest BCUT2D eigenvalue weighted by molar-refractivity contribution is 0.600. The van der Waals surface area contributed by atoms with Crippen LogP contribution < -0.4 is 4.72 Å². The number of hydrogen-bond donors (Lipinski definition) is 1. The van der Waals surface area contributed by atoms with Crippen LogP contribution in [0.25, 0.3) is 0 Å². The number of hydrogen-bond acceptors (Lipinski definition) is 3. The van der Waals surface area contributed by atoms with Crippen LogP contribution in [0.15, 0.2) is 23.1 Å². The van der Waals surface area contributed by atoms with Gasteiger partial charge in [-0.3, -0.25) is 9.40 Å². The van der Waals surface area contributed by atoms with Crippen LogP contribution in [0.4, 0.5) is 5.69 Å². The molecule has 1 aromatic heterocycles. The SMILES string of the molecule is Cc1ccc(NS(=O)(=O)c2c(C)nn(C)c2Cl)c(C)c1. The number of anilines is 1. The molecule has 0 radical (unpaired) electrons. The molecule has 0 unspecified atom stereocenters. The fraction of sp³-hybridized carbons (Fsp3) is 0.308. The predicted octanol–water partition coefficient (Wildman–Crippen LogP) is 2.80. The Morgan fingerprint density at radius 2 is 1.90 bits per heavy atom. The molecule has 0 aliphatic carbocycles. The van der Waals surface area contributed by atoms with E-state index in [9.17, 15) is 8.42 Å². The third kappa shape index (κ3) is 2.66. The molecule has 2 aromatic rings. The maximum atomic E-state index is 12.4. The van der Waals surface area contributed by atoms with Crippen LogP contribution in [0.5, 0.6) is 0 Å². The van der Waals surface area contributed by atoms with Crippen molar-refractivity contribution in [1.29, 1.82) is 0 Å². The van der Waals surface area contributed by atoms with Gasteiger partial charge in [-0.2, -0.15) is 5.10 Å². The number of nitrogens with zero attached hydrogens (tertiary/aromatic N) is 2. The van der Waals surface area contributed by atoms with Crippen molar-refractivity contribution in [3.8, 4) is 0 Å². The summed E-state index contributed by atoms with van der Waals surface area (Å²) >= 11 is 6.01. The Balaban J connectivity index is 2.46. The van der Waals surface area contributed by atoms with Crippen LogP contribution in [-0.4, -0.2) is 18.2 Å². The average molecular weight is 314 g/mol. The number of sulfonamides is 1. The summed E-state index contributed by atoms with van der Waals surface area (Å²) in [6, 6.07) is 5.50. The zero-order valence-electron chi connectivity index (χ0n) is 11.7. The van der Waals surface area contributed by atoms with Gasteiger partial charge in [0.1, 0.15) is 10.0 Å². The first-order valence-corrected chi connectivity index (χ1v) is 7.87. The lowest BCUT2D eigenvalue weighted by atomic mass is 10.1. The van der Waals surface area contributed by atoms with Crippen LogP contribution in [-0.2, 0) is 17.1 Å². The van der Waals surface area contributed by atoms with Crippen molar-refractivity contribution in [2.45, 2.75) is 25.7 Å². The highest BCUT2D eigenvalue weighted by Gasteiger charge is 2.25. The molecule has 0 amide bonds. The molecule has 108 valence electrons. The van der Waals surface area contributed by atoms with E-state index in [1.807, 2.05) is 26.0 Å². The normalized spacial score (nSPS) is 11.7. The second-order valence-corrected chi connectivity index (χ2v) is 6.73. The van der Waals surface area contributed by atoms with Gasteiger partial charge in [0.25, 0.3) is 10.0 Å². The Kier molecular flexibility index (Phi) is 3.80. The third-order valence-corrected chi connectivity index (χ3v) is 5.06. The second-order valence-electron chi connectivity index (χ2n) is 4.75. The standard InChI is InChI=1S/C13H16ClN3O2S/c1-8-5-6-11(9(2)7-8)16-20(18,19)12-10(3)15-17(4)13(12)14/h5-7,16H,1-4H3.